The molecule has 1 N–H and O–H groups in total. The van der Waals surface area contributed by atoms with Crippen LogP contribution in [0.1, 0.15) is 25.0 Å². The molecule has 3 heteroatoms. The smallest absolute Gasteiger partial charge is 0.119 e. The highest BCUT2D eigenvalue weighted by Gasteiger charge is 2.06. The first-order valence-electron chi connectivity index (χ1n) is 6.88. The third kappa shape index (κ3) is 4.28. The van der Waals surface area contributed by atoms with Crippen molar-refractivity contribution in [3.05, 3.63) is 60.2 Å². The Bertz CT molecular complexity index is 493. The minimum atomic E-state index is -0.487. The summed E-state index contributed by atoms with van der Waals surface area (Å²) < 4.78 is 11.0. The van der Waals surface area contributed by atoms with E-state index in [4.69, 9.17) is 9.47 Å². The largest absolute Gasteiger partial charge is 0.494 e. The van der Waals surface area contributed by atoms with Crippen LogP contribution in [0.15, 0.2) is 54.6 Å². The number of benzene rings is 2. The van der Waals surface area contributed by atoms with Crippen molar-refractivity contribution in [2.75, 3.05) is 13.2 Å². The molecule has 0 heterocycles. The molecule has 0 amide bonds. The van der Waals surface area contributed by atoms with Crippen LogP contribution >= 0.6 is 0 Å². The first-order valence-corrected chi connectivity index (χ1v) is 6.88. The van der Waals surface area contributed by atoms with Gasteiger partial charge in [0.2, 0.25) is 0 Å². The Labute approximate surface area is 119 Å². The predicted molar refractivity (Wildman–Crippen MR) is 79.1 cm³/mol. The molecular weight excluding hydrogens is 252 g/mol. The van der Waals surface area contributed by atoms with E-state index >= 15 is 0 Å². The fourth-order valence-corrected chi connectivity index (χ4v) is 1.93. The van der Waals surface area contributed by atoms with Gasteiger partial charge in [0.15, 0.2) is 0 Å². The zero-order valence-corrected chi connectivity index (χ0v) is 11.7. The maximum atomic E-state index is 10.0. The Hall–Kier alpha value is -2.00. The molecule has 0 aliphatic rings. The second-order valence-electron chi connectivity index (χ2n) is 4.47. The van der Waals surface area contributed by atoms with Gasteiger partial charge in [-0.05, 0) is 36.8 Å². The molecule has 2 rings (SSSR count). The molecular formula is C17H20O3. The summed E-state index contributed by atoms with van der Waals surface area (Å²) in [6, 6.07) is 17.1. The highest BCUT2D eigenvalue weighted by molar-refractivity contribution is 5.31. The summed E-state index contributed by atoms with van der Waals surface area (Å²) >= 11 is 0. The lowest BCUT2D eigenvalue weighted by Gasteiger charge is -2.12. The fourth-order valence-electron chi connectivity index (χ4n) is 1.93. The Kier molecular flexibility index (Phi) is 5.44. The van der Waals surface area contributed by atoms with Crippen molar-refractivity contribution in [3.63, 3.8) is 0 Å². The Balaban J connectivity index is 1.78. The van der Waals surface area contributed by atoms with Gasteiger partial charge in [0, 0.05) is 6.42 Å². The van der Waals surface area contributed by atoms with Crippen LogP contribution in [0.25, 0.3) is 0 Å². The van der Waals surface area contributed by atoms with Gasteiger partial charge in [-0.2, -0.15) is 0 Å². The number of ether oxygens (including phenoxy) is 2. The van der Waals surface area contributed by atoms with Crippen molar-refractivity contribution in [3.8, 4) is 11.5 Å². The molecule has 3 nitrogen and oxygen atoms in total. The van der Waals surface area contributed by atoms with E-state index in [0.717, 1.165) is 17.1 Å². The monoisotopic (exact) mass is 272 g/mol. The van der Waals surface area contributed by atoms with Crippen LogP contribution in [0.5, 0.6) is 11.5 Å². The Morgan fingerprint density at radius 2 is 1.50 bits per heavy atom. The molecule has 1 atom stereocenters. The molecule has 0 aromatic heterocycles. The lowest BCUT2D eigenvalue weighted by atomic mass is 10.1. The zero-order chi connectivity index (χ0) is 14.2. The van der Waals surface area contributed by atoms with Crippen LogP contribution in [-0.4, -0.2) is 18.3 Å². The van der Waals surface area contributed by atoms with E-state index in [1.54, 1.807) is 0 Å². The molecule has 106 valence electrons. The molecule has 20 heavy (non-hydrogen) atoms. The van der Waals surface area contributed by atoms with Gasteiger partial charge in [-0.25, -0.2) is 0 Å². The lowest BCUT2D eigenvalue weighted by Crippen LogP contribution is -2.05. The third-order valence-corrected chi connectivity index (χ3v) is 2.98. The maximum Gasteiger partial charge on any atom is 0.119 e. The fraction of sp³-hybridized carbons (Fsp3) is 0.294. The number of aliphatic hydroxyl groups is 1. The van der Waals surface area contributed by atoms with E-state index in [1.165, 1.54) is 0 Å². The molecule has 1 unspecified atom stereocenters. The number of aliphatic hydroxyl groups excluding tert-OH is 1. The summed E-state index contributed by atoms with van der Waals surface area (Å²) in [4.78, 5) is 0. The van der Waals surface area contributed by atoms with E-state index in [0.29, 0.717) is 19.6 Å². The second-order valence-corrected chi connectivity index (χ2v) is 4.47. The minimum absolute atomic E-state index is 0.476. The lowest BCUT2D eigenvalue weighted by molar-refractivity contribution is 0.140. The molecule has 0 saturated carbocycles. The molecule has 0 saturated heterocycles. The molecule has 0 fully saturated rings. The van der Waals surface area contributed by atoms with E-state index in [2.05, 4.69) is 0 Å². The van der Waals surface area contributed by atoms with Crippen LogP contribution in [0.3, 0.4) is 0 Å². The summed E-state index contributed by atoms with van der Waals surface area (Å²) in [6.45, 7) is 3.09. The average molecular weight is 272 g/mol. The number of rotatable bonds is 7. The van der Waals surface area contributed by atoms with E-state index in [9.17, 15) is 5.11 Å². The van der Waals surface area contributed by atoms with Gasteiger partial charge >= 0.3 is 0 Å². The first-order chi connectivity index (χ1) is 9.79. The molecule has 0 spiro atoms. The van der Waals surface area contributed by atoms with Gasteiger partial charge in [-0.3, -0.25) is 0 Å². The standard InChI is InChI=1S/C17H20O3/c1-2-19-15-8-10-16(11-9-15)20-13-12-17(18)14-6-4-3-5-7-14/h3-11,17-18H,2,12-13H2,1H3. The van der Waals surface area contributed by atoms with Crippen molar-refractivity contribution in [2.45, 2.75) is 19.4 Å². The average Bonchev–Trinajstić information content (AvgIpc) is 2.50. The molecule has 2 aromatic rings. The minimum Gasteiger partial charge on any atom is -0.494 e. The van der Waals surface area contributed by atoms with Crippen molar-refractivity contribution < 1.29 is 14.6 Å². The van der Waals surface area contributed by atoms with E-state index < -0.39 is 6.10 Å². The third-order valence-electron chi connectivity index (χ3n) is 2.98. The SMILES string of the molecule is CCOc1ccc(OCCC(O)c2ccccc2)cc1. The van der Waals surface area contributed by atoms with Crippen molar-refractivity contribution >= 4 is 0 Å². The van der Waals surface area contributed by atoms with Gasteiger partial charge in [0.25, 0.3) is 0 Å². The Morgan fingerprint density at radius 1 is 0.900 bits per heavy atom. The van der Waals surface area contributed by atoms with Crippen LogP contribution in [0.4, 0.5) is 0 Å². The maximum absolute atomic E-state index is 10.0. The van der Waals surface area contributed by atoms with Crippen molar-refractivity contribution in [2.24, 2.45) is 0 Å². The predicted octanol–water partition coefficient (Wildman–Crippen LogP) is 3.59. The van der Waals surface area contributed by atoms with Crippen LogP contribution in [0, 0.1) is 0 Å². The second kappa shape index (κ2) is 7.56. The topological polar surface area (TPSA) is 38.7 Å². The van der Waals surface area contributed by atoms with E-state index in [1.807, 2.05) is 61.5 Å². The van der Waals surface area contributed by atoms with Crippen LogP contribution < -0.4 is 9.47 Å². The summed E-state index contributed by atoms with van der Waals surface area (Å²) in [6.07, 6.45) is 0.0796. The van der Waals surface area contributed by atoms with Gasteiger partial charge in [-0.15, -0.1) is 0 Å². The molecule has 0 aliphatic carbocycles. The highest BCUT2D eigenvalue weighted by Crippen LogP contribution is 2.20. The molecule has 0 aliphatic heterocycles. The zero-order valence-electron chi connectivity index (χ0n) is 11.7. The van der Waals surface area contributed by atoms with Crippen molar-refractivity contribution in [1.82, 2.24) is 0 Å². The first kappa shape index (κ1) is 14.4. The van der Waals surface area contributed by atoms with E-state index in [-0.39, 0.29) is 0 Å². The summed E-state index contributed by atoms with van der Waals surface area (Å²) in [7, 11) is 0. The highest BCUT2D eigenvalue weighted by atomic mass is 16.5. The van der Waals surface area contributed by atoms with Gasteiger partial charge in [0.1, 0.15) is 11.5 Å². The summed E-state index contributed by atoms with van der Waals surface area (Å²) in [5, 5.41) is 10.0. The molecule has 0 radical (unpaired) electrons. The number of hydrogen-bond donors (Lipinski definition) is 1. The van der Waals surface area contributed by atoms with Crippen LogP contribution in [-0.2, 0) is 0 Å². The number of hydrogen-bond acceptors (Lipinski definition) is 3. The van der Waals surface area contributed by atoms with Crippen molar-refractivity contribution in [1.29, 1.82) is 0 Å². The summed E-state index contributed by atoms with van der Waals surface area (Å²) in [5.74, 6) is 1.62. The van der Waals surface area contributed by atoms with Gasteiger partial charge < -0.3 is 14.6 Å². The Morgan fingerprint density at radius 3 is 2.10 bits per heavy atom. The molecule has 0 bridgehead atoms. The van der Waals surface area contributed by atoms with Gasteiger partial charge in [-0.1, -0.05) is 30.3 Å². The summed E-state index contributed by atoms with van der Waals surface area (Å²) in [5.41, 5.74) is 0.919. The van der Waals surface area contributed by atoms with Crippen LogP contribution in [0.2, 0.25) is 0 Å². The molecule has 2 aromatic carbocycles. The van der Waals surface area contributed by atoms with Gasteiger partial charge in [0.05, 0.1) is 19.3 Å². The quantitative estimate of drug-likeness (QED) is 0.837. The normalized spacial score (nSPS) is 11.9.